The van der Waals surface area contributed by atoms with Gasteiger partial charge in [-0.25, -0.2) is 4.79 Å². The van der Waals surface area contributed by atoms with Crippen molar-refractivity contribution >= 4 is 29.6 Å². The van der Waals surface area contributed by atoms with Crippen molar-refractivity contribution < 1.29 is 18.7 Å². The van der Waals surface area contributed by atoms with E-state index in [-0.39, 0.29) is 12.4 Å². The molecule has 0 amide bonds. The number of carbonyl (C=O) groups is 2. The van der Waals surface area contributed by atoms with E-state index in [2.05, 4.69) is 0 Å². The molecule has 0 fully saturated rings. The lowest BCUT2D eigenvalue weighted by Crippen LogP contribution is -2.00. The number of carbonyl (C=O) groups excluding carboxylic acids is 2. The molecular weight excluding hydrogens is 324 g/mol. The summed E-state index contributed by atoms with van der Waals surface area (Å²) in [4.78, 5) is 24.4. The Bertz CT molecular complexity index is 744. The number of hydrogen-bond donors (Lipinski definition) is 0. The predicted octanol–water partition coefficient (Wildman–Crippen LogP) is 4.66. The fourth-order valence-electron chi connectivity index (χ4n) is 2.27. The van der Waals surface area contributed by atoms with Gasteiger partial charge in [0, 0.05) is 6.08 Å². The highest BCUT2D eigenvalue weighted by molar-refractivity contribution is 7.99. The molecule has 4 nitrogen and oxygen atoms in total. The van der Waals surface area contributed by atoms with E-state index in [4.69, 9.17) is 9.15 Å². The van der Waals surface area contributed by atoms with E-state index in [1.807, 2.05) is 37.3 Å². The number of esters is 1. The summed E-state index contributed by atoms with van der Waals surface area (Å²) in [7, 11) is 0. The van der Waals surface area contributed by atoms with Crippen LogP contribution in [0, 0.1) is 6.92 Å². The van der Waals surface area contributed by atoms with Gasteiger partial charge in [-0.15, -0.1) is 11.8 Å². The first-order valence-corrected chi connectivity index (χ1v) is 8.67. The van der Waals surface area contributed by atoms with E-state index in [1.165, 1.54) is 24.8 Å². The van der Waals surface area contributed by atoms with Crippen molar-refractivity contribution in [1.82, 2.24) is 0 Å². The van der Waals surface area contributed by atoms with Gasteiger partial charge in [-0.3, -0.25) is 4.79 Å². The number of thioether (sulfide) groups is 1. The van der Waals surface area contributed by atoms with Gasteiger partial charge in [-0.2, -0.15) is 0 Å². The van der Waals surface area contributed by atoms with Crippen LogP contribution in [0.4, 0.5) is 0 Å². The number of benzene rings is 1. The molecule has 1 aromatic carbocycles. The molecule has 0 N–H and O–H groups in total. The lowest BCUT2D eigenvalue weighted by atomic mass is 10.2. The summed E-state index contributed by atoms with van der Waals surface area (Å²) < 4.78 is 10.8. The van der Waals surface area contributed by atoms with Crippen molar-refractivity contribution in [3.8, 4) is 0 Å². The molecule has 126 valence electrons. The quantitative estimate of drug-likeness (QED) is 0.316. The third-order valence-corrected chi connectivity index (χ3v) is 4.28. The molecule has 0 spiro atoms. The average molecular weight is 344 g/mol. The maximum atomic E-state index is 11.9. The molecule has 0 atom stereocenters. The molecule has 2 aromatic rings. The zero-order valence-corrected chi connectivity index (χ0v) is 14.8. The van der Waals surface area contributed by atoms with Crippen LogP contribution in [0.2, 0.25) is 0 Å². The van der Waals surface area contributed by atoms with Crippen molar-refractivity contribution in [2.75, 3.05) is 5.75 Å². The Labute approximate surface area is 145 Å². The number of ether oxygens (including phenoxy) is 1. The molecule has 1 heterocycles. The van der Waals surface area contributed by atoms with Gasteiger partial charge in [0.05, 0.1) is 10.5 Å². The van der Waals surface area contributed by atoms with Gasteiger partial charge in [0.25, 0.3) is 0 Å². The van der Waals surface area contributed by atoms with E-state index in [9.17, 15) is 9.59 Å². The second kappa shape index (κ2) is 8.55. The Kier molecular flexibility index (Phi) is 6.44. The minimum absolute atomic E-state index is 0.0431. The zero-order valence-electron chi connectivity index (χ0n) is 14.0. The van der Waals surface area contributed by atoms with Gasteiger partial charge < -0.3 is 9.15 Å². The first kappa shape index (κ1) is 18.1. The van der Waals surface area contributed by atoms with Crippen LogP contribution in [0.3, 0.4) is 0 Å². The Morgan fingerprint density at radius 2 is 1.96 bits per heavy atom. The molecule has 2 rings (SSSR count). The Morgan fingerprint density at radius 3 is 2.58 bits per heavy atom. The number of aryl methyl sites for hydroxylation is 1. The lowest BCUT2D eigenvalue weighted by molar-refractivity contribution is -0.138. The number of Topliss-reactive ketones (excluding diaryl/α,β-unsaturated/α-hetero) is 1. The molecule has 0 saturated heterocycles. The molecule has 1 aromatic heterocycles. The third-order valence-electron chi connectivity index (χ3n) is 3.30. The number of ketones is 1. The van der Waals surface area contributed by atoms with Gasteiger partial charge in [-0.1, -0.05) is 37.3 Å². The average Bonchev–Trinajstić information content (AvgIpc) is 2.88. The molecule has 0 unspecified atom stereocenters. The molecule has 0 radical (unpaired) electrons. The predicted molar refractivity (Wildman–Crippen MR) is 95.1 cm³/mol. The van der Waals surface area contributed by atoms with Crippen molar-refractivity contribution in [2.45, 2.75) is 32.3 Å². The topological polar surface area (TPSA) is 56.5 Å². The van der Waals surface area contributed by atoms with Crippen LogP contribution in [0.15, 0.2) is 45.7 Å². The van der Waals surface area contributed by atoms with E-state index in [0.717, 1.165) is 16.2 Å². The summed E-state index contributed by atoms with van der Waals surface area (Å²) in [5, 5.41) is 0. The molecule has 24 heavy (non-hydrogen) atoms. The molecule has 0 aliphatic carbocycles. The summed E-state index contributed by atoms with van der Waals surface area (Å²) in [6, 6.07) is 9.47. The van der Waals surface area contributed by atoms with E-state index < -0.39 is 5.97 Å². The Morgan fingerprint density at radius 1 is 1.25 bits per heavy atom. The highest BCUT2D eigenvalue weighted by Gasteiger charge is 2.19. The smallest absolute Gasteiger partial charge is 0.331 e. The minimum Gasteiger partial charge on any atom is -0.460 e. The zero-order chi connectivity index (χ0) is 17.5. The fraction of sp³-hybridized carbons (Fsp3) is 0.263. The normalized spacial score (nSPS) is 11.0. The summed E-state index contributed by atoms with van der Waals surface area (Å²) in [6.45, 7) is 5.48. The first-order valence-electron chi connectivity index (χ1n) is 7.68. The van der Waals surface area contributed by atoms with Gasteiger partial charge in [0.15, 0.2) is 5.78 Å². The maximum Gasteiger partial charge on any atom is 0.331 e. The van der Waals surface area contributed by atoms with Crippen LogP contribution in [0.5, 0.6) is 0 Å². The van der Waals surface area contributed by atoms with Crippen molar-refractivity contribution in [3.05, 3.63) is 59.1 Å². The highest BCUT2D eigenvalue weighted by Crippen LogP contribution is 2.33. The van der Waals surface area contributed by atoms with E-state index in [1.54, 1.807) is 13.0 Å². The number of furan rings is 1. The van der Waals surface area contributed by atoms with E-state index in [0.29, 0.717) is 17.1 Å². The van der Waals surface area contributed by atoms with Crippen molar-refractivity contribution in [3.63, 3.8) is 0 Å². The largest absolute Gasteiger partial charge is 0.460 e. The standard InChI is InChI=1S/C19H20O4S/c1-4-24-19-16(23-14(3)18(19)13(2)20)10-11-17(21)22-12-15-8-6-5-7-9-15/h5-11H,4,12H2,1-3H3/b11-10+. The Balaban J connectivity index is 2.09. The molecule has 0 aliphatic rings. The van der Waals surface area contributed by atoms with Gasteiger partial charge in [0.1, 0.15) is 18.1 Å². The van der Waals surface area contributed by atoms with Crippen LogP contribution in [0.1, 0.15) is 41.3 Å². The van der Waals surface area contributed by atoms with Crippen molar-refractivity contribution in [1.29, 1.82) is 0 Å². The fourth-order valence-corrected chi connectivity index (χ4v) is 3.24. The van der Waals surface area contributed by atoms with Crippen LogP contribution in [0.25, 0.3) is 6.08 Å². The van der Waals surface area contributed by atoms with Gasteiger partial charge >= 0.3 is 5.97 Å². The molecule has 0 aliphatic heterocycles. The first-order chi connectivity index (χ1) is 11.5. The van der Waals surface area contributed by atoms with Gasteiger partial charge in [-0.05, 0) is 31.2 Å². The summed E-state index contributed by atoms with van der Waals surface area (Å²) in [5.74, 6) is 1.39. The molecular formula is C19H20O4S. The summed E-state index contributed by atoms with van der Waals surface area (Å²) in [6.07, 6.45) is 2.88. The Hall–Kier alpha value is -2.27. The summed E-state index contributed by atoms with van der Waals surface area (Å²) >= 11 is 1.52. The number of rotatable bonds is 7. The minimum atomic E-state index is -0.454. The second-order valence-corrected chi connectivity index (χ2v) is 6.42. The second-order valence-electron chi connectivity index (χ2n) is 5.14. The SMILES string of the molecule is CCSc1c(/C=C/C(=O)OCc2ccccc2)oc(C)c1C(C)=O. The third kappa shape index (κ3) is 4.61. The van der Waals surface area contributed by atoms with E-state index >= 15 is 0 Å². The van der Waals surface area contributed by atoms with Crippen LogP contribution < -0.4 is 0 Å². The van der Waals surface area contributed by atoms with Gasteiger partial charge in [0.2, 0.25) is 0 Å². The number of hydrogen-bond acceptors (Lipinski definition) is 5. The molecule has 5 heteroatoms. The van der Waals surface area contributed by atoms with Crippen molar-refractivity contribution in [2.24, 2.45) is 0 Å². The van der Waals surface area contributed by atoms with Crippen LogP contribution in [-0.4, -0.2) is 17.5 Å². The lowest BCUT2D eigenvalue weighted by Gasteiger charge is -2.01. The molecule has 0 bridgehead atoms. The van der Waals surface area contributed by atoms with Crippen LogP contribution in [-0.2, 0) is 16.1 Å². The maximum absolute atomic E-state index is 11.9. The molecule has 0 saturated carbocycles. The monoisotopic (exact) mass is 344 g/mol. The highest BCUT2D eigenvalue weighted by atomic mass is 32.2. The van der Waals surface area contributed by atoms with Crippen LogP contribution >= 0.6 is 11.8 Å². The summed E-state index contributed by atoms with van der Waals surface area (Å²) in [5.41, 5.74) is 1.51.